The largest absolute Gasteiger partial charge is 2.00 e. The van der Waals surface area contributed by atoms with Gasteiger partial charge in [-0.25, -0.2) is 9.78 Å². The van der Waals surface area contributed by atoms with E-state index in [1.54, 1.807) is 33.3 Å². The Morgan fingerprint density at radius 3 is 2.06 bits per heavy atom. The predicted molar refractivity (Wildman–Crippen MR) is 124 cm³/mol. The van der Waals surface area contributed by atoms with Gasteiger partial charge < -0.3 is 19.9 Å². The van der Waals surface area contributed by atoms with E-state index in [-0.39, 0.29) is 35.1 Å². The van der Waals surface area contributed by atoms with E-state index in [4.69, 9.17) is 19.9 Å². The molecule has 0 amide bonds. The van der Waals surface area contributed by atoms with Gasteiger partial charge in [-0.05, 0) is 88.5 Å². The van der Waals surface area contributed by atoms with Crippen molar-refractivity contribution < 1.29 is 36.1 Å². The third-order valence-electron chi connectivity index (χ3n) is 4.74. The van der Waals surface area contributed by atoms with Gasteiger partial charge in [0.05, 0.1) is 26.5 Å². The molecule has 0 saturated heterocycles. The summed E-state index contributed by atoms with van der Waals surface area (Å²) in [7, 11) is 3.13. The maximum atomic E-state index is 12.5. The number of hydrogen-bond acceptors (Lipinski definition) is 6. The zero-order chi connectivity index (χ0) is 22.9. The van der Waals surface area contributed by atoms with Crippen LogP contribution in [0.25, 0.3) is 11.1 Å². The Kier molecular flexibility index (Phi) is 11.0. The molecular formula is C26H26FeN2O4+2. The third kappa shape index (κ3) is 6.87. The Morgan fingerprint density at radius 2 is 1.52 bits per heavy atom. The van der Waals surface area contributed by atoms with E-state index in [0.717, 1.165) is 11.5 Å². The van der Waals surface area contributed by atoms with Crippen molar-refractivity contribution in [1.29, 1.82) is 0 Å². The van der Waals surface area contributed by atoms with Crippen LogP contribution < -0.4 is 15.2 Å². The molecule has 33 heavy (non-hydrogen) atoms. The quantitative estimate of drug-likeness (QED) is 0.485. The molecule has 2 aliphatic rings. The molecule has 0 atom stereocenters. The summed E-state index contributed by atoms with van der Waals surface area (Å²) in [6, 6.07) is 7.25. The first-order valence-electron chi connectivity index (χ1n) is 10.2. The average Bonchev–Trinajstić information content (AvgIpc) is 3.55. The molecule has 2 fully saturated rings. The zero-order valence-corrected chi connectivity index (χ0v) is 19.8. The SMILES string of the molecule is CCOC(=O)c1c(-c2ccc(OC)c(OC)c2)cc([C]2[CH][CH][CH][CH]2)nc1N.[CH]1[CH][CH][CH][CH]1.[Fe+2]. The maximum Gasteiger partial charge on any atom is 2.00 e. The van der Waals surface area contributed by atoms with Crippen LogP contribution in [0.5, 0.6) is 11.5 Å². The number of nitrogen functional groups attached to an aromatic ring is 1. The van der Waals surface area contributed by atoms with Crippen molar-refractivity contribution in [3.63, 3.8) is 0 Å². The van der Waals surface area contributed by atoms with Gasteiger partial charge in [-0.1, -0.05) is 6.07 Å². The van der Waals surface area contributed by atoms with Crippen molar-refractivity contribution >= 4 is 11.8 Å². The van der Waals surface area contributed by atoms with Crippen LogP contribution >= 0.6 is 0 Å². The summed E-state index contributed by atoms with van der Waals surface area (Å²) in [5.41, 5.74) is 8.44. The van der Waals surface area contributed by atoms with Crippen molar-refractivity contribution in [3.8, 4) is 22.6 Å². The Morgan fingerprint density at radius 1 is 0.909 bits per heavy atom. The van der Waals surface area contributed by atoms with Crippen LogP contribution in [0.2, 0.25) is 0 Å². The molecule has 2 saturated carbocycles. The first kappa shape index (κ1) is 27.0. The van der Waals surface area contributed by atoms with E-state index in [1.165, 1.54) is 0 Å². The van der Waals surface area contributed by atoms with Gasteiger partial charge in [0.15, 0.2) is 11.5 Å². The molecule has 0 aliphatic heterocycles. The van der Waals surface area contributed by atoms with Crippen LogP contribution in [0.1, 0.15) is 23.0 Å². The molecule has 10 radical (unpaired) electrons. The van der Waals surface area contributed by atoms with Gasteiger partial charge >= 0.3 is 23.0 Å². The number of anilines is 1. The molecule has 0 bridgehead atoms. The smallest absolute Gasteiger partial charge is 0.493 e. The molecule has 0 spiro atoms. The molecule has 2 aromatic rings. The van der Waals surface area contributed by atoms with Gasteiger partial charge in [-0.15, -0.1) is 0 Å². The first-order valence-corrected chi connectivity index (χ1v) is 10.2. The normalized spacial score (nSPS) is 15.2. The number of nitrogens with two attached hydrogens (primary N) is 1. The fraction of sp³-hybridized carbons (Fsp3) is 0.154. The van der Waals surface area contributed by atoms with Crippen molar-refractivity contribution in [1.82, 2.24) is 4.98 Å². The van der Waals surface area contributed by atoms with Crippen molar-refractivity contribution in [2.45, 2.75) is 6.92 Å². The summed E-state index contributed by atoms with van der Waals surface area (Å²) in [6.45, 7) is 1.99. The van der Waals surface area contributed by atoms with E-state index >= 15 is 0 Å². The fourth-order valence-electron chi connectivity index (χ4n) is 3.23. The number of carbonyl (C=O) groups excluding carboxylic acids is 1. The average molecular weight is 486 g/mol. The van der Waals surface area contributed by atoms with Crippen LogP contribution in [0.3, 0.4) is 0 Å². The van der Waals surface area contributed by atoms with Crippen molar-refractivity contribution in [2.24, 2.45) is 0 Å². The number of ether oxygens (including phenoxy) is 3. The van der Waals surface area contributed by atoms with E-state index in [1.807, 2.05) is 69.9 Å². The molecule has 1 aromatic heterocycles. The van der Waals surface area contributed by atoms with Gasteiger partial charge in [0, 0.05) is 11.5 Å². The number of hydrogen-bond donors (Lipinski definition) is 1. The molecule has 2 aliphatic carbocycles. The second kappa shape index (κ2) is 13.5. The standard InChI is InChI=1S/C21H21N2O4.C5H5.Fe/c1-4-27-21(24)19-15(14-9-10-17(25-2)18(11-14)26-3)12-16(23-20(19)22)13-7-5-6-8-13;1-2-4-5-3-1;/h5-12H,4H2,1-3H3,(H2,22,23);1-5H;/q;;+2. The minimum absolute atomic E-state index is 0. The first-order chi connectivity index (χ1) is 15.6. The van der Waals surface area contributed by atoms with Crippen LogP contribution in [-0.4, -0.2) is 31.8 Å². The molecule has 0 unspecified atom stereocenters. The number of esters is 1. The second-order valence-corrected chi connectivity index (χ2v) is 6.74. The Hall–Kier alpha value is -2.24. The third-order valence-corrected chi connectivity index (χ3v) is 4.74. The molecule has 1 aromatic carbocycles. The van der Waals surface area contributed by atoms with E-state index in [2.05, 4.69) is 4.98 Å². The number of aromatic nitrogens is 1. The van der Waals surface area contributed by atoms with Gasteiger partial charge in [0.2, 0.25) is 0 Å². The number of carbonyl (C=O) groups is 1. The summed E-state index contributed by atoms with van der Waals surface area (Å²) in [6.07, 6.45) is 17.7. The van der Waals surface area contributed by atoms with Crippen LogP contribution in [0, 0.1) is 63.7 Å². The summed E-state index contributed by atoms with van der Waals surface area (Å²) < 4.78 is 15.9. The molecule has 7 heteroatoms. The number of nitrogens with zero attached hydrogens (tertiary/aromatic N) is 1. The molecule has 1 heterocycles. The fourth-order valence-corrected chi connectivity index (χ4v) is 3.23. The van der Waals surface area contributed by atoms with Gasteiger partial charge in [-0.3, -0.25) is 0 Å². The van der Waals surface area contributed by atoms with Gasteiger partial charge in [-0.2, -0.15) is 0 Å². The van der Waals surface area contributed by atoms with Crippen molar-refractivity contribution in [2.75, 3.05) is 26.6 Å². The van der Waals surface area contributed by atoms with Crippen LogP contribution in [0.4, 0.5) is 5.82 Å². The minimum atomic E-state index is -0.513. The number of pyridine rings is 1. The van der Waals surface area contributed by atoms with Gasteiger partial charge in [0.25, 0.3) is 0 Å². The van der Waals surface area contributed by atoms with E-state index in [0.29, 0.717) is 22.8 Å². The van der Waals surface area contributed by atoms with Gasteiger partial charge in [0.1, 0.15) is 11.4 Å². The molecule has 6 nitrogen and oxygen atoms in total. The molecular weight excluding hydrogens is 460 g/mol. The van der Waals surface area contributed by atoms with Crippen LogP contribution in [-0.2, 0) is 21.8 Å². The molecule has 170 valence electrons. The Balaban J connectivity index is 0.000000568. The van der Waals surface area contributed by atoms with E-state index in [9.17, 15) is 4.79 Å². The Bertz CT molecular complexity index is 902. The molecule has 4 rings (SSSR count). The Labute approximate surface area is 208 Å². The monoisotopic (exact) mass is 486 g/mol. The summed E-state index contributed by atoms with van der Waals surface area (Å²) in [5, 5.41) is 0. The summed E-state index contributed by atoms with van der Waals surface area (Å²) >= 11 is 0. The van der Waals surface area contributed by atoms with Crippen molar-refractivity contribution in [3.05, 3.63) is 99.2 Å². The maximum absolute atomic E-state index is 12.5. The second-order valence-electron chi connectivity index (χ2n) is 6.74. The number of methoxy groups -OCH3 is 2. The predicted octanol–water partition coefficient (Wildman–Crippen LogP) is 4.30. The molecule has 2 N–H and O–H groups in total. The number of rotatable bonds is 6. The summed E-state index contributed by atoms with van der Waals surface area (Å²) in [5.74, 6) is 1.67. The van der Waals surface area contributed by atoms with Crippen LogP contribution in [0.15, 0.2) is 24.3 Å². The minimum Gasteiger partial charge on any atom is -0.493 e. The zero-order valence-electron chi connectivity index (χ0n) is 18.7. The summed E-state index contributed by atoms with van der Waals surface area (Å²) in [4.78, 5) is 16.9. The van der Waals surface area contributed by atoms with E-state index < -0.39 is 5.97 Å². The number of benzene rings is 1. The topological polar surface area (TPSA) is 83.7 Å².